The highest BCUT2D eigenvalue weighted by Gasteiger charge is 2.44. The van der Waals surface area contributed by atoms with Crippen LogP contribution in [0.15, 0.2) is 41.1 Å². The largest absolute Gasteiger partial charge is 0.344 e. The molecule has 0 bridgehead atoms. The lowest BCUT2D eigenvalue weighted by Crippen LogP contribution is -2.60. The number of anilines is 1. The number of hydrogen-bond acceptors (Lipinski definition) is 8. The first-order valence-corrected chi connectivity index (χ1v) is 7.41. The summed E-state index contributed by atoms with van der Waals surface area (Å²) in [6.45, 7) is 0.228. The van der Waals surface area contributed by atoms with Crippen molar-refractivity contribution in [2.24, 2.45) is 11.5 Å². The van der Waals surface area contributed by atoms with Gasteiger partial charge in [-0.15, -0.1) is 0 Å². The van der Waals surface area contributed by atoms with Crippen molar-refractivity contribution in [1.29, 1.82) is 0 Å². The van der Waals surface area contributed by atoms with E-state index in [4.69, 9.17) is 23.1 Å². The van der Waals surface area contributed by atoms with Gasteiger partial charge in [-0.2, -0.15) is 0 Å². The molecule has 0 atom stereocenters. The molecule has 128 valence electrons. The van der Waals surface area contributed by atoms with Gasteiger partial charge in [-0.3, -0.25) is 9.59 Å². The van der Waals surface area contributed by atoms with Gasteiger partial charge in [0.1, 0.15) is 23.5 Å². The zero-order valence-corrected chi connectivity index (χ0v) is 13.7. The molecule has 0 aromatic carbocycles. The Kier molecular flexibility index (Phi) is 5.50. The van der Waals surface area contributed by atoms with Gasteiger partial charge in [0, 0.05) is 26.3 Å². The van der Waals surface area contributed by atoms with Crippen molar-refractivity contribution >= 4 is 29.6 Å². The Balaban J connectivity index is 2.34. The van der Waals surface area contributed by atoms with Crippen molar-refractivity contribution in [2.45, 2.75) is 5.66 Å². The molecular formula is C14H18ClN7O2. The second-order valence-corrected chi connectivity index (χ2v) is 5.49. The predicted molar refractivity (Wildman–Crippen MR) is 89.4 cm³/mol. The molecule has 0 unspecified atom stereocenters. The summed E-state index contributed by atoms with van der Waals surface area (Å²) in [5.41, 5.74) is 10.9. The molecule has 0 saturated carbocycles. The molecule has 1 aliphatic heterocycles. The molecule has 2 rings (SSSR count). The van der Waals surface area contributed by atoms with Gasteiger partial charge < -0.3 is 27.0 Å². The molecule has 1 aliphatic rings. The molecule has 2 heterocycles. The highest BCUT2D eigenvalue weighted by molar-refractivity contribution is 6.33. The third-order valence-corrected chi connectivity index (χ3v) is 3.99. The fourth-order valence-corrected chi connectivity index (χ4v) is 2.60. The van der Waals surface area contributed by atoms with Crippen LogP contribution in [0.2, 0.25) is 0 Å². The average Bonchev–Trinajstić information content (AvgIpc) is 2.85. The summed E-state index contributed by atoms with van der Waals surface area (Å²) >= 11 is 6.25. The van der Waals surface area contributed by atoms with Crippen molar-refractivity contribution in [2.75, 3.05) is 25.5 Å². The van der Waals surface area contributed by atoms with Crippen molar-refractivity contribution in [3.63, 3.8) is 0 Å². The maximum Gasteiger partial charge on any atom is 0.271 e. The number of carbonyl (C=O) groups is 2. The number of nitrogens with zero attached hydrogens (tertiary/aromatic N) is 3. The predicted octanol–water partition coefficient (Wildman–Crippen LogP) is -0.903. The number of rotatable bonds is 6. The van der Waals surface area contributed by atoms with Gasteiger partial charge in [-0.05, 0) is 12.1 Å². The number of aromatic nitrogens is 2. The zero-order chi connectivity index (χ0) is 17.7. The molecule has 1 aromatic rings. The van der Waals surface area contributed by atoms with E-state index in [1.807, 2.05) is 0 Å². The van der Waals surface area contributed by atoms with Gasteiger partial charge in [0.2, 0.25) is 0 Å². The Bertz CT molecular complexity index is 686. The Morgan fingerprint density at radius 3 is 2.71 bits per heavy atom. The van der Waals surface area contributed by atoms with E-state index in [9.17, 15) is 9.59 Å². The van der Waals surface area contributed by atoms with Gasteiger partial charge in [0.15, 0.2) is 6.29 Å². The number of hydrogen-bond donors (Lipinski definition) is 4. The van der Waals surface area contributed by atoms with E-state index in [0.29, 0.717) is 12.1 Å². The van der Waals surface area contributed by atoms with Gasteiger partial charge in [-0.25, -0.2) is 9.97 Å². The first-order chi connectivity index (χ1) is 11.5. The van der Waals surface area contributed by atoms with Crippen molar-refractivity contribution in [3.8, 4) is 0 Å². The number of aldehydes is 1. The summed E-state index contributed by atoms with van der Waals surface area (Å²) in [4.78, 5) is 32.8. The molecule has 9 nitrogen and oxygen atoms in total. The number of halogens is 1. The molecule has 10 heteroatoms. The Hall–Kier alpha value is -2.49. The van der Waals surface area contributed by atoms with E-state index < -0.39 is 11.6 Å². The lowest BCUT2D eigenvalue weighted by molar-refractivity contribution is -0.117. The molecule has 1 aromatic heterocycles. The number of carbonyl (C=O) groups excluding carboxylic acids is 2. The lowest BCUT2D eigenvalue weighted by Gasteiger charge is -2.34. The maximum atomic E-state index is 12.2. The van der Waals surface area contributed by atoms with E-state index >= 15 is 0 Å². The third kappa shape index (κ3) is 3.37. The highest BCUT2D eigenvalue weighted by Crippen LogP contribution is 2.27. The van der Waals surface area contributed by atoms with Gasteiger partial charge in [0.05, 0.1) is 10.7 Å². The van der Waals surface area contributed by atoms with Crippen LogP contribution in [0.3, 0.4) is 0 Å². The molecular weight excluding hydrogens is 334 g/mol. The van der Waals surface area contributed by atoms with Crippen LogP contribution in [0.4, 0.5) is 5.82 Å². The summed E-state index contributed by atoms with van der Waals surface area (Å²) in [5.74, 6) is 0.00208. The average molecular weight is 352 g/mol. The summed E-state index contributed by atoms with van der Waals surface area (Å²) in [6.07, 6.45) is 4.76. The fraction of sp³-hybridized carbons (Fsp3) is 0.286. The van der Waals surface area contributed by atoms with Crippen LogP contribution in [-0.2, 0) is 9.59 Å². The summed E-state index contributed by atoms with van der Waals surface area (Å²) < 4.78 is 0. The minimum atomic E-state index is -0.901. The van der Waals surface area contributed by atoms with E-state index in [1.54, 1.807) is 18.0 Å². The quantitative estimate of drug-likeness (QED) is 0.382. The van der Waals surface area contributed by atoms with Crippen molar-refractivity contribution in [3.05, 3.63) is 41.1 Å². The minimum absolute atomic E-state index is 0.0717. The number of amides is 1. The SMILES string of the molecule is CN1/C(=C(Cl)\C=C(/C=O)Nc2ccncn2)C(=O)NC1(CN)CN. The minimum Gasteiger partial charge on any atom is -0.344 e. The maximum absolute atomic E-state index is 12.2. The highest BCUT2D eigenvalue weighted by atomic mass is 35.5. The van der Waals surface area contributed by atoms with E-state index in [0.717, 1.165) is 0 Å². The van der Waals surface area contributed by atoms with Gasteiger partial charge in [-0.1, -0.05) is 11.6 Å². The van der Waals surface area contributed by atoms with E-state index in [2.05, 4.69) is 20.6 Å². The summed E-state index contributed by atoms with van der Waals surface area (Å²) in [7, 11) is 1.65. The second kappa shape index (κ2) is 7.39. The number of allylic oxidation sites excluding steroid dienone is 3. The monoisotopic (exact) mass is 351 g/mol. The first kappa shape index (κ1) is 17.9. The standard InChI is InChI=1S/C14H18ClN7O2/c1-22-12(13(24)21-14(22,6-16)7-17)10(15)4-9(5-23)20-11-2-3-18-8-19-11/h2-5,8H,6-7,16-17H2,1H3,(H,21,24)(H,18,19,20)/b9-4+,12-10+. The lowest BCUT2D eigenvalue weighted by atomic mass is 10.1. The zero-order valence-electron chi connectivity index (χ0n) is 13.0. The molecule has 0 aliphatic carbocycles. The van der Waals surface area contributed by atoms with Crippen LogP contribution in [0.5, 0.6) is 0 Å². The Labute approximate surface area is 143 Å². The number of nitrogens with two attached hydrogens (primary N) is 2. The topological polar surface area (TPSA) is 139 Å². The fourth-order valence-electron chi connectivity index (χ4n) is 2.27. The van der Waals surface area contributed by atoms with E-state index in [-0.39, 0.29) is 29.5 Å². The van der Waals surface area contributed by atoms with Crippen molar-refractivity contribution in [1.82, 2.24) is 20.2 Å². The summed E-state index contributed by atoms with van der Waals surface area (Å²) in [6, 6.07) is 1.58. The molecule has 1 amide bonds. The second-order valence-electron chi connectivity index (χ2n) is 5.09. The molecule has 1 fully saturated rings. The van der Waals surface area contributed by atoms with Crippen LogP contribution in [0.1, 0.15) is 0 Å². The smallest absolute Gasteiger partial charge is 0.271 e. The molecule has 1 saturated heterocycles. The Morgan fingerprint density at radius 1 is 1.50 bits per heavy atom. The van der Waals surface area contributed by atoms with Crippen molar-refractivity contribution < 1.29 is 9.59 Å². The molecule has 6 N–H and O–H groups in total. The van der Waals surface area contributed by atoms with E-state index in [1.165, 1.54) is 18.6 Å². The van der Waals surface area contributed by atoms with Crippen LogP contribution < -0.4 is 22.1 Å². The number of likely N-dealkylation sites (N-methyl/N-ethyl adjacent to an activating group) is 1. The summed E-state index contributed by atoms with van der Waals surface area (Å²) in [5, 5.41) is 5.58. The van der Waals surface area contributed by atoms with Gasteiger partial charge in [0.25, 0.3) is 5.91 Å². The van der Waals surface area contributed by atoms with Crippen LogP contribution in [-0.4, -0.2) is 52.9 Å². The number of nitrogens with one attached hydrogen (secondary N) is 2. The Morgan fingerprint density at radius 2 is 2.21 bits per heavy atom. The molecule has 0 radical (unpaired) electrons. The third-order valence-electron chi connectivity index (χ3n) is 3.70. The van der Waals surface area contributed by atoms with Crippen LogP contribution >= 0.6 is 11.6 Å². The van der Waals surface area contributed by atoms with Gasteiger partial charge >= 0.3 is 0 Å². The molecule has 0 spiro atoms. The van der Waals surface area contributed by atoms with Crippen LogP contribution in [0, 0.1) is 0 Å². The first-order valence-electron chi connectivity index (χ1n) is 7.03. The molecule has 24 heavy (non-hydrogen) atoms. The van der Waals surface area contributed by atoms with Crippen LogP contribution in [0.25, 0.3) is 0 Å². The normalized spacial score (nSPS) is 19.1.